The summed E-state index contributed by atoms with van der Waals surface area (Å²) in [5.41, 5.74) is 1.66. The van der Waals surface area contributed by atoms with Crippen LogP contribution in [-0.2, 0) is 14.3 Å². The van der Waals surface area contributed by atoms with Crippen molar-refractivity contribution in [2.45, 2.75) is 12.3 Å². The predicted molar refractivity (Wildman–Crippen MR) is 54.4 cm³/mol. The zero-order chi connectivity index (χ0) is 10.8. The van der Waals surface area contributed by atoms with Gasteiger partial charge in [0.1, 0.15) is 0 Å². The van der Waals surface area contributed by atoms with Crippen molar-refractivity contribution >= 4 is 17.6 Å². The Morgan fingerprint density at radius 2 is 2.20 bits per heavy atom. The maximum absolute atomic E-state index is 11.6. The number of hydrogen-bond acceptors (Lipinski definition) is 3. The highest BCUT2D eigenvalue weighted by Crippen LogP contribution is 2.34. The van der Waals surface area contributed by atoms with Gasteiger partial charge in [0.25, 0.3) is 0 Å². The Bertz CT molecular complexity index is 414. The lowest BCUT2D eigenvalue weighted by molar-refractivity contribution is -0.142. The van der Waals surface area contributed by atoms with Crippen molar-refractivity contribution in [3.63, 3.8) is 0 Å². The van der Waals surface area contributed by atoms with E-state index in [2.05, 4.69) is 10.1 Å². The molecule has 0 aromatic heterocycles. The molecule has 1 heterocycles. The van der Waals surface area contributed by atoms with Gasteiger partial charge in [-0.15, -0.1) is 0 Å². The van der Waals surface area contributed by atoms with Gasteiger partial charge >= 0.3 is 5.97 Å². The lowest BCUT2D eigenvalue weighted by atomic mass is 9.97. The van der Waals surface area contributed by atoms with Gasteiger partial charge in [0, 0.05) is 5.69 Å². The molecule has 0 saturated heterocycles. The first kappa shape index (κ1) is 9.71. The van der Waals surface area contributed by atoms with E-state index in [-0.39, 0.29) is 18.3 Å². The van der Waals surface area contributed by atoms with Gasteiger partial charge in [-0.3, -0.25) is 9.59 Å². The number of carbonyl (C=O) groups is 2. The molecule has 1 N–H and O–H groups in total. The number of hydrogen-bond donors (Lipinski definition) is 1. The van der Waals surface area contributed by atoms with E-state index in [4.69, 9.17) is 0 Å². The number of esters is 1. The van der Waals surface area contributed by atoms with Crippen LogP contribution in [-0.4, -0.2) is 19.0 Å². The van der Waals surface area contributed by atoms with Gasteiger partial charge in [-0.25, -0.2) is 0 Å². The van der Waals surface area contributed by atoms with Gasteiger partial charge < -0.3 is 10.1 Å². The van der Waals surface area contributed by atoms with Crippen molar-refractivity contribution in [1.82, 2.24) is 0 Å². The number of methoxy groups -OCH3 is 1. The summed E-state index contributed by atoms with van der Waals surface area (Å²) >= 11 is 0. The molecule has 0 radical (unpaired) electrons. The zero-order valence-corrected chi connectivity index (χ0v) is 8.32. The summed E-state index contributed by atoms with van der Waals surface area (Å²) in [6, 6.07) is 7.37. The summed E-state index contributed by atoms with van der Waals surface area (Å²) in [5, 5.41) is 2.73. The van der Waals surface area contributed by atoms with Gasteiger partial charge in [0.05, 0.1) is 19.4 Å². The van der Waals surface area contributed by atoms with E-state index in [1.54, 1.807) is 0 Å². The fraction of sp³-hybridized carbons (Fsp3) is 0.273. The highest BCUT2D eigenvalue weighted by atomic mass is 16.5. The highest BCUT2D eigenvalue weighted by molar-refractivity contribution is 6.04. The third kappa shape index (κ3) is 1.70. The van der Waals surface area contributed by atoms with Crippen LogP contribution in [0.2, 0.25) is 0 Å². The van der Waals surface area contributed by atoms with E-state index < -0.39 is 5.92 Å². The maximum atomic E-state index is 11.6. The molecule has 1 aliphatic rings. The van der Waals surface area contributed by atoms with Gasteiger partial charge in [-0.2, -0.15) is 0 Å². The minimum atomic E-state index is -0.409. The largest absolute Gasteiger partial charge is 0.469 e. The number of carbonyl (C=O) groups excluding carboxylic acids is 2. The Balaban J connectivity index is 2.26. The number of anilines is 1. The number of nitrogens with one attached hydrogen (secondary N) is 1. The molecule has 0 bridgehead atoms. The van der Waals surface area contributed by atoms with Crippen LogP contribution in [0.15, 0.2) is 24.3 Å². The standard InChI is InChI=1S/C11H11NO3/c1-15-10(13)6-8-7-4-2-3-5-9(7)12-11(8)14/h2-5,8H,6H2,1H3,(H,12,14)/t8-/m1/s1. The number of benzene rings is 1. The summed E-state index contributed by atoms with van der Waals surface area (Å²) in [4.78, 5) is 22.7. The van der Waals surface area contributed by atoms with Crippen LogP contribution in [0.4, 0.5) is 5.69 Å². The Hall–Kier alpha value is -1.84. The Morgan fingerprint density at radius 1 is 1.47 bits per heavy atom. The fourth-order valence-electron chi connectivity index (χ4n) is 1.73. The van der Waals surface area contributed by atoms with Crippen molar-refractivity contribution in [2.24, 2.45) is 0 Å². The van der Waals surface area contributed by atoms with Crippen molar-refractivity contribution in [1.29, 1.82) is 0 Å². The molecule has 0 aliphatic carbocycles. The number of rotatable bonds is 2. The lowest BCUT2D eigenvalue weighted by Crippen LogP contribution is -2.16. The van der Waals surface area contributed by atoms with Crippen LogP contribution in [0.1, 0.15) is 17.9 Å². The van der Waals surface area contributed by atoms with E-state index in [1.807, 2.05) is 24.3 Å². The number of fused-ring (bicyclic) bond motifs is 1. The molecule has 1 amide bonds. The number of ether oxygens (including phenoxy) is 1. The summed E-state index contributed by atoms with van der Waals surface area (Å²) in [6.45, 7) is 0. The van der Waals surface area contributed by atoms with Crippen molar-refractivity contribution in [3.05, 3.63) is 29.8 Å². The van der Waals surface area contributed by atoms with Crippen LogP contribution < -0.4 is 5.32 Å². The van der Waals surface area contributed by atoms with Crippen LogP contribution in [0.3, 0.4) is 0 Å². The number of amides is 1. The van der Waals surface area contributed by atoms with E-state index in [0.29, 0.717) is 0 Å². The quantitative estimate of drug-likeness (QED) is 0.740. The Labute approximate surface area is 87.2 Å². The number of para-hydroxylation sites is 1. The topological polar surface area (TPSA) is 55.4 Å². The van der Waals surface area contributed by atoms with E-state index in [9.17, 15) is 9.59 Å². The minimum absolute atomic E-state index is 0.0966. The molecular formula is C11H11NO3. The minimum Gasteiger partial charge on any atom is -0.469 e. The van der Waals surface area contributed by atoms with E-state index in [0.717, 1.165) is 11.3 Å². The third-order valence-electron chi connectivity index (χ3n) is 2.51. The molecule has 4 heteroatoms. The van der Waals surface area contributed by atoms with Crippen LogP contribution >= 0.6 is 0 Å². The molecule has 0 unspecified atom stereocenters. The van der Waals surface area contributed by atoms with E-state index >= 15 is 0 Å². The van der Waals surface area contributed by atoms with Crippen LogP contribution in [0, 0.1) is 0 Å². The van der Waals surface area contributed by atoms with Crippen molar-refractivity contribution in [2.75, 3.05) is 12.4 Å². The average Bonchev–Trinajstić information content (AvgIpc) is 2.55. The van der Waals surface area contributed by atoms with Gasteiger partial charge in [-0.1, -0.05) is 18.2 Å². The maximum Gasteiger partial charge on any atom is 0.306 e. The first-order valence-corrected chi connectivity index (χ1v) is 4.69. The van der Waals surface area contributed by atoms with Gasteiger partial charge in [0.2, 0.25) is 5.91 Å². The lowest BCUT2D eigenvalue weighted by Gasteiger charge is -2.06. The molecule has 1 aromatic carbocycles. The molecule has 0 spiro atoms. The average molecular weight is 205 g/mol. The van der Waals surface area contributed by atoms with Crippen molar-refractivity contribution in [3.8, 4) is 0 Å². The molecule has 15 heavy (non-hydrogen) atoms. The first-order chi connectivity index (χ1) is 7.22. The Kier molecular flexibility index (Phi) is 2.41. The fourth-order valence-corrected chi connectivity index (χ4v) is 1.73. The second-order valence-corrected chi connectivity index (χ2v) is 3.41. The normalized spacial score (nSPS) is 18.2. The molecule has 4 nitrogen and oxygen atoms in total. The summed E-state index contributed by atoms with van der Waals surface area (Å²) in [7, 11) is 1.32. The predicted octanol–water partition coefficient (Wildman–Crippen LogP) is 1.29. The summed E-state index contributed by atoms with van der Waals surface area (Å²) in [5.74, 6) is -0.915. The first-order valence-electron chi connectivity index (χ1n) is 4.69. The second kappa shape index (κ2) is 3.73. The van der Waals surface area contributed by atoms with Crippen LogP contribution in [0.25, 0.3) is 0 Å². The van der Waals surface area contributed by atoms with E-state index in [1.165, 1.54) is 7.11 Å². The SMILES string of the molecule is COC(=O)C[C@H]1C(=O)Nc2ccccc21. The highest BCUT2D eigenvalue weighted by Gasteiger charge is 2.32. The molecule has 2 rings (SSSR count). The van der Waals surface area contributed by atoms with Crippen molar-refractivity contribution < 1.29 is 14.3 Å². The molecule has 78 valence electrons. The summed E-state index contributed by atoms with van der Waals surface area (Å²) in [6.07, 6.45) is 0.0966. The molecular weight excluding hydrogens is 194 g/mol. The molecule has 0 saturated carbocycles. The monoisotopic (exact) mass is 205 g/mol. The third-order valence-corrected chi connectivity index (χ3v) is 2.51. The zero-order valence-electron chi connectivity index (χ0n) is 8.32. The Morgan fingerprint density at radius 3 is 2.93 bits per heavy atom. The second-order valence-electron chi connectivity index (χ2n) is 3.41. The van der Waals surface area contributed by atoms with Crippen LogP contribution in [0.5, 0.6) is 0 Å². The van der Waals surface area contributed by atoms with Gasteiger partial charge in [-0.05, 0) is 11.6 Å². The molecule has 0 fully saturated rings. The summed E-state index contributed by atoms with van der Waals surface area (Å²) < 4.78 is 4.56. The molecule has 1 atom stereocenters. The molecule has 1 aliphatic heterocycles. The smallest absolute Gasteiger partial charge is 0.306 e. The van der Waals surface area contributed by atoms with Gasteiger partial charge in [0.15, 0.2) is 0 Å². The molecule has 1 aromatic rings.